The predicted molar refractivity (Wildman–Crippen MR) is 93.6 cm³/mol. The summed E-state index contributed by atoms with van der Waals surface area (Å²) in [6, 6.07) is 3.56. The molecule has 0 aromatic carbocycles. The van der Waals surface area contributed by atoms with Gasteiger partial charge < -0.3 is 4.90 Å². The molecule has 8 heteroatoms. The van der Waals surface area contributed by atoms with E-state index in [4.69, 9.17) is 0 Å². The SMILES string of the molecule is Cc1nc(-c2ccncc2)sc1CC(=O)N(C)C1CCS(=O)(=O)C1. The lowest BCUT2D eigenvalue weighted by molar-refractivity contribution is -0.130. The quantitative estimate of drug-likeness (QED) is 0.824. The van der Waals surface area contributed by atoms with E-state index in [0.717, 1.165) is 21.1 Å². The van der Waals surface area contributed by atoms with E-state index in [-0.39, 0.29) is 29.9 Å². The molecule has 0 N–H and O–H groups in total. The number of carbonyl (C=O) groups is 1. The minimum atomic E-state index is -3.00. The Labute approximate surface area is 145 Å². The molecule has 0 spiro atoms. The van der Waals surface area contributed by atoms with Crippen LogP contribution < -0.4 is 0 Å². The lowest BCUT2D eigenvalue weighted by Gasteiger charge is -2.23. The first kappa shape index (κ1) is 17.0. The number of amides is 1. The number of hydrogen-bond acceptors (Lipinski definition) is 6. The van der Waals surface area contributed by atoms with Crippen LogP contribution in [-0.4, -0.2) is 53.8 Å². The number of pyridine rings is 1. The Bertz CT molecular complexity index is 847. The van der Waals surface area contributed by atoms with Crippen molar-refractivity contribution < 1.29 is 13.2 Å². The number of sulfone groups is 1. The van der Waals surface area contributed by atoms with Crippen molar-refractivity contribution >= 4 is 27.1 Å². The van der Waals surface area contributed by atoms with E-state index in [1.54, 1.807) is 24.3 Å². The van der Waals surface area contributed by atoms with Crippen LogP contribution in [0, 0.1) is 6.92 Å². The van der Waals surface area contributed by atoms with Crippen LogP contribution in [0.1, 0.15) is 17.0 Å². The van der Waals surface area contributed by atoms with E-state index in [2.05, 4.69) is 9.97 Å². The molecule has 2 aromatic rings. The number of thiazole rings is 1. The third kappa shape index (κ3) is 3.64. The van der Waals surface area contributed by atoms with Crippen molar-refractivity contribution in [3.63, 3.8) is 0 Å². The Morgan fingerprint density at radius 3 is 2.71 bits per heavy atom. The number of nitrogens with zero attached hydrogens (tertiary/aromatic N) is 3. The lowest BCUT2D eigenvalue weighted by atomic mass is 10.2. The van der Waals surface area contributed by atoms with Gasteiger partial charge in [0.25, 0.3) is 0 Å². The molecule has 3 rings (SSSR count). The molecule has 1 amide bonds. The van der Waals surface area contributed by atoms with Gasteiger partial charge in [0.2, 0.25) is 5.91 Å². The van der Waals surface area contributed by atoms with Crippen molar-refractivity contribution in [3.8, 4) is 10.6 Å². The molecule has 1 aliphatic heterocycles. The van der Waals surface area contributed by atoms with Crippen molar-refractivity contribution in [1.82, 2.24) is 14.9 Å². The maximum absolute atomic E-state index is 12.5. The molecule has 1 aliphatic rings. The molecule has 1 saturated heterocycles. The summed E-state index contributed by atoms with van der Waals surface area (Å²) in [7, 11) is -1.31. The number of likely N-dealkylation sites (N-methyl/N-ethyl adjacent to an activating group) is 1. The van der Waals surface area contributed by atoms with Crippen LogP contribution in [-0.2, 0) is 21.1 Å². The Kier molecular flexibility index (Phi) is 4.69. The van der Waals surface area contributed by atoms with E-state index >= 15 is 0 Å². The molecule has 2 aromatic heterocycles. The molecular weight excluding hydrogens is 346 g/mol. The normalized spacial score (nSPS) is 19.3. The van der Waals surface area contributed by atoms with Gasteiger partial charge in [0.05, 0.1) is 23.6 Å². The van der Waals surface area contributed by atoms with Crippen molar-refractivity contribution in [2.75, 3.05) is 18.6 Å². The fourth-order valence-electron chi connectivity index (χ4n) is 2.76. The average molecular weight is 365 g/mol. The zero-order chi connectivity index (χ0) is 17.3. The summed E-state index contributed by atoms with van der Waals surface area (Å²) in [5, 5.41) is 0.865. The van der Waals surface area contributed by atoms with Gasteiger partial charge >= 0.3 is 0 Å². The lowest BCUT2D eigenvalue weighted by Crippen LogP contribution is -2.38. The van der Waals surface area contributed by atoms with E-state index in [9.17, 15) is 13.2 Å². The second kappa shape index (κ2) is 6.60. The molecule has 128 valence electrons. The first-order valence-electron chi connectivity index (χ1n) is 7.68. The Hall–Kier alpha value is -1.80. The van der Waals surface area contributed by atoms with Crippen LogP contribution in [0.15, 0.2) is 24.5 Å². The van der Waals surface area contributed by atoms with Crippen LogP contribution >= 0.6 is 11.3 Å². The molecule has 0 bridgehead atoms. The molecule has 24 heavy (non-hydrogen) atoms. The Morgan fingerprint density at radius 1 is 1.38 bits per heavy atom. The van der Waals surface area contributed by atoms with Gasteiger partial charge in [-0.2, -0.15) is 0 Å². The standard InChI is InChI=1S/C16H19N3O3S2/c1-11-14(23-16(18-11)12-3-6-17-7-4-12)9-15(20)19(2)13-5-8-24(21,22)10-13/h3-4,6-7,13H,5,8-10H2,1-2H3. The van der Waals surface area contributed by atoms with Gasteiger partial charge in [-0.15, -0.1) is 11.3 Å². The number of aromatic nitrogens is 2. The number of aryl methyl sites for hydroxylation is 1. The maximum atomic E-state index is 12.5. The second-order valence-corrected chi connectivity index (χ2v) is 9.31. The Balaban J connectivity index is 1.72. The summed E-state index contributed by atoms with van der Waals surface area (Å²) in [5.74, 6) is 0.172. The third-order valence-corrected chi connectivity index (χ3v) is 7.24. The second-order valence-electron chi connectivity index (χ2n) is 6.00. The monoisotopic (exact) mass is 365 g/mol. The third-order valence-electron chi connectivity index (χ3n) is 4.28. The van der Waals surface area contributed by atoms with Crippen molar-refractivity contribution in [3.05, 3.63) is 35.1 Å². The number of hydrogen-bond donors (Lipinski definition) is 0. The van der Waals surface area contributed by atoms with Crippen molar-refractivity contribution in [2.24, 2.45) is 0 Å². The molecule has 0 aliphatic carbocycles. The van der Waals surface area contributed by atoms with Crippen LogP contribution in [0.2, 0.25) is 0 Å². The van der Waals surface area contributed by atoms with Gasteiger partial charge in [-0.05, 0) is 25.5 Å². The molecule has 1 atom stereocenters. The highest BCUT2D eigenvalue weighted by Gasteiger charge is 2.32. The molecular formula is C16H19N3O3S2. The van der Waals surface area contributed by atoms with Gasteiger partial charge in [0.15, 0.2) is 9.84 Å². The van der Waals surface area contributed by atoms with Crippen molar-refractivity contribution in [2.45, 2.75) is 25.8 Å². The van der Waals surface area contributed by atoms with Gasteiger partial charge in [-0.25, -0.2) is 13.4 Å². The molecule has 1 fully saturated rings. The van der Waals surface area contributed by atoms with E-state index < -0.39 is 9.84 Å². The van der Waals surface area contributed by atoms with E-state index in [1.807, 2.05) is 19.1 Å². The molecule has 0 saturated carbocycles. The maximum Gasteiger partial charge on any atom is 0.227 e. The summed E-state index contributed by atoms with van der Waals surface area (Å²) in [6.45, 7) is 1.89. The average Bonchev–Trinajstić information content (AvgIpc) is 3.10. The van der Waals surface area contributed by atoms with Gasteiger partial charge in [0.1, 0.15) is 5.01 Å². The van der Waals surface area contributed by atoms with Gasteiger partial charge in [0, 0.05) is 35.9 Å². The first-order valence-corrected chi connectivity index (χ1v) is 10.3. The summed E-state index contributed by atoms with van der Waals surface area (Å²) in [5.41, 5.74) is 1.82. The molecule has 6 nitrogen and oxygen atoms in total. The fraction of sp³-hybridized carbons (Fsp3) is 0.438. The van der Waals surface area contributed by atoms with E-state index in [1.165, 1.54) is 11.3 Å². The Morgan fingerprint density at radius 2 is 2.08 bits per heavy atom. The molecule has 1 unspecified atom stereocenters. The first-order chi connectivity index (χ1) is 11.4. The minimum Gasteiger partial charge on any atom is -0.341 e. The largest absolute Gasteiger partial charge is 0.341 e. The van der Waals surface area contributed by atoms with E-state index in [0.29, 0.717) is 6.42 Å². The van der Waals surface area contributed by atoms with Gasteiger partial charge in [-0.1, -0.05) is 0 Å². The topological polar surface area (TPSA) is 80.2 Å². The highest BCUT2D eigenvalue weighted by molar-refractivity contribution is 7.91. The number of carbonyl (C=O) groups excluding carboxylic acids is 1. The zero-order valence-electron chi connectivity index (χ0n) is 13.6. The summed E-state index contributed by atoms with van der Waals surface area (Å²) < 4.78 is 23.2. The zero-order valence-corrected chi connectivity index (χ0v) is 15.2. The smallest absolute Gasteiger partial charge is 0.227 e. The van der Waals surface area contributed by atoms with Crippen LogP contribution in [0.5, 0.6) is 0 Å². The minimum absolute atomic E-state index is 0.0647. The number of rotatable bonds is 4. The summed E-state index contributed by atoms with van der Waals surface area (Å²) in [4.78, 5) is 23.5. The van der Waals surface area contributed by atoms with Crippen LogP contribution in [0.3, 0.4) is 0 Å². The van der Waals surface area contributed by atoms with Crippen LogP contribution in [0.25, 0.3) is 10.6 Å². The summed E-state index contributed by atoms with van der Waals surface area (Å²) >= 11 is 1.50. The van der Waals surface area contributed by atoms with Crippen molar-refractivity contribution in [1.29, 1.82) is 0 Å². The highest BCUT2D eigenvalue weighted by atomic mass is 32.2. The predicted octanol–water partition coefficient (Wildman–Crippen LogP) is 1.70. The fourth-order valence-corrected chi connectivity index (χ4v) is 5.59. The van der Waals surface area contributed by atoms with Crippen LogP contribution in [0.4, 0.5) is 0 Å². The summed E-state index contributed by atoms with van der Waals surface area (Å²) in [6.07, 6.45) is 4.20. The molecule has 0 radical (unpaired) electrons. The van der Waals surface area contributed by atoms with Gasteiger partial charge in [-0.3, -0.25) is 9.78 Å². The molecule has 3 heterocycles. The highest BCUT2D eigenvalue weighted by Crippen LogP contribution is 2.28.